The number of benzene rings is 3. The number of pyridine rings is 1. The highest BCUT2D eigenvalue weighted by Gasteiger charge is 2.28. The minimum atomic E-state index is -4.00. The second-order valence-corrected chi connectivity index (χ2v) is 10.3. The number of ether oxygens (including phenoxy) is 1. The molecule has 2 heterocycles. The molecule has 0 bridgehead atoms. The third kappa shape index (κ3) is 3.90. The van der Waals surface area contributed by atoms with Gasteiger partial charge in [-0.3, -0.25) is 9.10 Å². The minimum absolute atomic E-state index is 0.108. The Kier molecular flexibility index (Phi) is 5.53. The molecule has 0 unspecified atom stereocenters. The molecule has 7 nitrogen and oxygen atoms in total. The number of likely N-dealkylation sites (N-methyl/N-ethyl adjacent to an activating group) is 1. The van der Waals surface area contributed by atoms with E-state index in [9.17, 15) is 13.2 Å². The van der Waals surface area contributed by atoms with Gasteiger partial charge in [-0.15, -0.1) is 0 Å². The lowest BCUT2D eigenvalue weighted by Gasteiger charge is -2.29. The quantitative estimate of drug-likeness (QED) is 0.471. The molecule has 8 heteroatoms. The second kappa shape index (κ2) is 8.53. The van der Waals surface area contributed by atoms with E-state index in [1.165, 1.54) is 4.31 Å². The fourth-order valence-electron chi connectivity index (χ4n) is 4.24. The SMILES string of the molecule is Cc1cccc2cc(CN(c3ccccc3)S(=O)(=O)c3ccc4c(c3)OCCN4C)c(=O)[nH]c12. The van der Waals surface area contributed by atoms with Crippen LogP contribution < -0.4 is 19.5 Å². The topological polar surface area (TPSA) is 82.7 Å². The molecule has 5 rings (SSSR count). The van der Waals surface area contributed by atoms with Crippen molar-refractivity contribution in [2.45, 2.75) is 18.4 Å². The number of nitrogens with zero attached hydrogens (tertiary/aromatic N) is 2. The zero-order chi connectivity index (χ0) is 23.9. The summed E-state index contributed by atoms with van der Waals surface area (Å²) in [4.78, 5) is 18.0. The van der Waals surface area contributed by atoms with Gasteiger partial charge in [0.2, 0.25) is 0 Å². The van der Waals surface area contributed by atoms with Crippen molar-refractivity contribution in [2.75, 3.05) is 29.4 Å². The number of sulfonamides is 1. The normalized spacial score (nSPS) is 13.4. The van der Waals surface area contributed by atoms with Crippen LogP contribution in [0.2, 0.25) is 0 Å². The number of nitrogens with one attached hydrogen (secondary N) is 1. The van der Waals surface area contributed by atoms with Crippen molar-refractivity contribution in [1.29, 1.82) is 0 Å². The van der Waals surface area contributed by atoms with Gasteiger partial charge >= 0.3 is 0 Å². The number of hydrogen-bond acceptors (Lipinski definition) is 5. The Balaban J connectivity index is 1.61. The van der Waals surface area contributed by atoms with E-state index in [0.717, 1.165) is 28.7 Å². The maximum absolute atomic E-state index is 13.9. The van der Waals surface area contributed by atoms with Gasteiger partial charge in [-0.1, -0.05) is 36.4 Å². The number of aromatic amines is 1. The summed E-state index contributed by atoms with van der Waals surface area (Å²) >= 11 is 0. The van der Waals surface area contributed by atoms with Crippen LogP contribution in [0.4, 0.5) is 11.4 Å². The Hall–Kier alpha value is -3.78. The lowest BCUT2D eigenvalue weighted by Crippen LogP contribution is -2.33. The molecule has 4 aromatic rings. The average Bonchev–Trinajstić information content (AvgIpc) is 2.84. The number of rotatable bonds is 5. The van der Waals surface area contributed by atoms with Gasteiger partial charge in [0.1, 0.15) is 12.4 Å². The fourth-order valence-corrected chi connectivity index (χ4v) is 5.69. The molecule has 0 atom stereocenters. The molecule has 1 aromatic heterocycles. The molecule has 1 N–H and O–H groups in total. The fraction of sp³-hybridized carbons (Fsp3) is 0.192. The number of aryl methyl sites for hydroxylation is 1. The first-order valence-electron chi connectivity index (χ1n) is 11.0. The molecule has 0 radical (unpaired) electrons. The van der Waals surface area contributed by atoms with E-state index in [4.69, 9.17) is 4.74 Å². The van der Waals surface area contributed by atoms with E-state index >= 15 is 0 Å². The lowest BCUT2D eigenvalue weighted by atomic mass is 10.1. The molecule has 34 heavy (non-hydrogen) atoms. The molecular weight excluding hydrogens is 450 g/mol. The number of fused-ring (bicyclic) bond motifs is 2. The Morgan fingerprint density at radius 3 is 2.62 bits per heavy atom. The second-order valence-electron chi connectivity index (χ2n) is 8.41. The summed E-state index contributed by atoms with van der Waals surface area (Å²) in [6.07, 6.45) is 0. The van der Waals surface area contributed by atoms with Crippen LogP contribution in [0.1, 0.15) is 11.1 Å². The Morgan fingerprint density at radius 1 is 1.03 bits per heavy atom. The predicted octanol–water partition coefficient (Wildman–Crippen LogP) is 4.06. The Labute approximate surface area is 198 Å². The van der Waals surface area contributed by atoms with Crippen molar-refractivity contribution < 1.29 is 13.2 Å². The van der Waals surface area contributed by atoms with Gasteiger partial charge in [0.05, 0.1) is 34.9 Å². The van der Waals surface area contributed by atoms with Gasteiger partial charge in [0.15, 0.2) is 0 Å². The molecule has 0 fully saturated rings. The summed E-state index contributed by atoms with van der Waals surface area (Å²) in [5.74, 6) is 0.530. The van der Waals surface area contributed by atoms with Crippen LogP contribution in [-0.2, 0) is 16.6 Å². The molecule has 0 saturated carbocycles. The average molecular weight is 476 g/mol. The van der Waals surface area contributed by atoms with Crippen LogP contribution in [0.3, 0.4) is 0 Å². The van der Waals surface area contributed by atoms with E-state index in [1.54, 1.807) is 48.5 Å². The first kappa shape index (κ1) is 22.0. The summed E-state index contributed by atoms with van der Waals surface area (Å²) in [6, 6.07) is 21.2. The molecular formula is C26H25N3O4S. The van der Waals surface area contributed by atoms with E-state index in [-0.39, 0.29) is 17.0 Å². The predicted molar refractivity (Wildman–Crippen MR) is 134 cm³/mol. The molecule has 0 aliphatic carbocycles. The zero-order valence-electron chi connectivity index (χ0n) is 19.0. The van der Waals surface area contributed by atoms with Crippen molar-refractivity contribution >= 4 is 32.3 Å². The zero-order valence-corrected chi connectivity index (χ0v) is 19.8. The van der Waals surface area contributed by atoms with E-state index in [0.29, 0.717) is 23.6 Å². The van der Waals surface area contributed by atoms with Crippen LogP contribution in [0.15, 0.2) is 82.5 Å². The molecule has 3 aromatic carbocycles. The van der Waals surface area contributed by atoms with Gasteiger partial charge in [0, 0.05) is 18.7 Å². The molecule has 0 amide bonds. The van der Waals surface area contributed by atoms with Crippen molar-refractivity contribution in [3.63, 3.8) is 0 Å². The monoisotopic (exact) mass is 475 g/mol. The Bertz CT molecular complexity index is 1530. The third-order valence-electron chi connectivity index (χ3n) is 6.14. The molecule has 0 spiro atoms. The standard InChI is InChI=1S/C26H25N3O4S/c1-18-7-6-8-19-15-20(26(30)27-25(18)19)17-29(21-9-4-3-5-10-21)34(31,32)22-11-12-23-24(16-22)33-14-13-28(23)2/h3-12,15-16H,13-14,17H2,1-2H3,(H,27,30). The van der Waals surface area contributed by atoms with Crippen LogP contribution in [0, 0.1) is 6.92 Å². The highest BCUT2D eigenvalue weighted by atomic mass is 32.2. The maximum atomic E-state index is 13.9. The highest BCUT2D eigenvalue weighted by Crippen LogP contribution is 2.35. The van der Waals surface area contributed by atoms with Gasteiger partial charge in [-0.25, -0.2) is 8.42 Å². The minimum Gasteiger partial charge on any atom is -0.490 e. The molecule has 0 saturated heterocycles. The first-order valence-corrected chi connectivity index (χ1v) is 12.5. The summed E-state index contributed by atoms with van der Waals surface area (Å²) in [5.41, 5.74) is 3.07. The molecule has 1 aliphatic heterocycles. The number of anilines is 2. The van der Waals surface area contributed by atoms with E-state index in [2.05, 4.69) is 4.98 Å². The van der Waals surface area contributed by atoms with Crippen LogP contribution in [0.5, 0.6) is 5.75 Å². The lowest BCUT2D eigenvalue weighted by molar-refractivity contribution is 0.310. The van der Waals surface area contributed by atoms with Gasteiger partial charge in [-0.05, 0) is 48.2 Å². The third-order valence-corrected chi connectivity index (χ3v) is 7.91. The van der Waals surface area contributed by atoms with Crippen LogP contribution >= 0.6 is 0 Å². The molecule has 1 aliphatic rings. The van der Waals surface area contributed by atoms with Gasteiger partial charge < -0.3 is 14.6 Å². The van der Waals surface area contributed by atoms with E-state index < -0.39 is 10.0 Å². The number of para-hydroxylation sites is 2. The van der Waals surface area contributed by atoms with Gasteiger partial charge in [-0.2, -0.15) is 0 Å². The van der Waals surface area contributed by atoms with Crippen molar-refractivity contribution in [3.05, 3.63) is 94.3 Å². The summed E-state index contributed by atoms with van der Waals surface area (Å²) in [6.45, 7) is 3.04. The number of hydrogen-bond donors (Lipinski definition) is 1. The Morgan fingerprint density at radius 2 is 1.82 bits per heavy atom. The summed E-state index contributed by atoms with van der Waals surface area (Å²) < 4.78 is 34.8. The summed E-state index contributed by atoms with van der Waals surface area (Å²) in [5, 5.41) is 0.852. The van der Waals surface area contributed by atoms with Crippen molar-refractivity contribution in [2.24, 2.45) is 0 Å². The van der Waals surface area contributed by atoms with Crippen LogP contribution in [-0.4, -0.2) is 33.6 Å². The number of aromatic nitrogens is 1. The number of H-pyrrole nitrogens is 1. The largest absolute Gasteiger partial charge is 0.490 e. The highest BCUT2D eigenvalue weighted by molar-refractivity contribution is 7.92. The summed E-state index contributed by atoms with van der Waals surface area (Å²) in [7, 11) is -2.06. The molecule has 174 valence electrons. The smallest absolute Gasteiger partial charge is 0.264 e. The van der Waals surface area contributed by atoms with E-state index in [1.807, 2.05) is 43.1 Å². The van der Waals surface area contributed by atoms with Crippen molar-refractivity contribution in [1.82, 2.24) is 4.98 Å². The van der Waals surface area contributed by atoms with Gasteiger partial charge in [0.25, 0.3) is 15.6 Å². The van der Waals surface area contributed by atoms with Crippen LogP contribution in [0.25, 0.3) is 10.9 Å². The first-order chi connectivity index (χ1) is 16.3. The van der Waals surface area contributed by atoms with Crippen molar-refractivity contribution in [3.8, 4) is 5.75 Å². The maximum Gasteiger partial charge on any atom is 0.264 e.